The Bertz CT molecular complexity index is 1290. The first-order chi connectivity index (χ1) is 17.6. The molecular formula is C30H29N3O3. The van der Waals surface area contributed by atoms with Crippen LogP contribution in [0.4, 0.5) is 0 Å². The molecule has 3 aromatic carbocycles. The van der Waals surface area contributed by atoms with E-state index in [1.807, 2.05) is 96.8 Å². The fraction of sp³-hybridized carbons (Fsp3) is 0.233. The molecule has 2 amide bonds. The van der Waals surface area contributed by atoms with Gasteiger partial charge < -0.3 is 14.6 Å². The summed E-state index contributed by atoms with van der Waals surface area (Å²) in [5.74, 6) is 0.641. The molecule has 5 rings (SSSR count). The van der Waals surface area contributed by atoms with Crippen molar-refractivity contribution in [2.45, 2.75) is 31.2 Å². The van der Waals surface area contributed by atoms with Gasteiger partial charge in [-0.05, 0) is 43.0 Å². The number of nitrogens with zero attached hydrogens (tertiary/aromatic N) is 2. The Morgan fingerprint density at radius 2 is 1.56 bits per heavy atom. The summed E-state index contributed by atoms with van der Waals surface area (Å²) in [6, 6.07) is 27.2. The van der Waals surface area contributed by atoms with Crippen molar-refractivity contribution >= 4 is 11.8 Å². The van der Waals surface area contributed by atoms with Crippen LogP contribution in [0.5, 0.6) is 0 Å². The average Bonchev–Trinajstić information content (AvgIpc) is 3.49. The highest BCUT2D eigenvalue weighted by Crippen LogP contribution is 2.37. The number of hydrogen-bond donors (Lipinski definition) is 1. The van der Waals surface area contributed by atoms with E-state index in [0.717, 1.165) is 16.7 Å². The number of oxazole rings is 1. The highest BCUT2D eigenvalue weighted by Gasteiger charge is 2.44. The lowest BCUT2D eigenvalue weighted by Gasteiger charge is -2.41. The Balaban J connectivity index is 1.32. The number of aromatic nitrogens is 1. The molecular weight excluding hydrogens is 450 g/mol. The van der Waals surface area contributed by atoms with Crippen LogP contribution in [0.1, 0.15) is 47.3 Å². The van der Waals surface area contributed by atoms with Gasteiger partial charge in [-0.15, -0.1) is 0 Å². The minimum atomic E-state index is -0.683. The summed E-state index contributed by atoms with van der Waals surface area (Å²) in [6.07, 6.45) is 4.16. The molecule has 1 saturated heterocycles. The highest BCUT2D eigenvalue weighted by molar-refractivity contribution is 5.95. The second-order valence-electron chi connectivity index (χ2n) is 9.29. The zero-order chi connectivity index (χ0) is 25.0. The quantitative estimate of drug-likeness (QED) is 0.402. The fourth-order valence-electron chi connectivity index (χ4n) is 4.97. The number of hydrogen-bond acceptors (Lipinski definition) is 4. The Hall–Kier alpha value is -4.19. The van der Waals surface area contributed by atoms with E-state index in [9.17, 15) is 9.59 Å². The number of rotatable bonds is 6. The number of nitrogens with one attached hydrogen (secondary N) is 1. The lowest BCUT2D eigenvalue weighted by atomic mass is 9.71. The van der Waals surface area contributed by atoms with Gasteiger partial charge in [0.25, 0.3) is 5.91 Å². The molecule has 1 atom stereocenters. The van der Waals surface area contributed by atoms with E-state index in [-0.39, 0.29) is 17.9 Å². The van der Waals surface area contributed by atoms with Gasteiger partial charge in [0.05, 0.1) is 17.7 Å². The van der Waals surface area contributed by atoms with Gasteiger partial charge in [0.2, 0.25) is 5.91 Å². The zero-order valence-electron chi connectivity index (χ0n) is 20.3. The topological polar surface area (TPSA) is 75.4 Å². The summed E-state index contributed by atoms with van der Waals surface area (Å²) < 4.78 is 5.33. The molecule has 1 N–H and O–H groups in total. The maximum absolute atomic E-state index is 13.8. The second-order valence-corrected chi connectivity index (χ2v) is 9.29. The normalized spacial score (nSPS) is 15.8. The van der Waals surface area contributed by atoms with Gasteiger partial charge in [-0.3, -0.25) is 9.59 Å². The van der Waals surface area contributed by atoms with Gasteiger partial charge in [-0.1, -0.05) is 72.8 Å². The van der Waals surface area contributed by atoms with Crippen LogP contribution in [0.15, 0.2) is 102 Å². The molecule has 1 fully saturated rings. The third kappa shape index (κ3) is 4.67. The molecule has 6 nitrogen and oxygen atoms in total. The summed E-state index contributed by atoms with van der Waals surface area (Å²) >= 11 is 0. The molecule has 182 valence electrons. The van der Waals surface area contributed by atoms with Crippen LogP contribution in [0.25, 0.3) is 11.3 Å². The van der Waals surface area contributed by atoms with Crippen LogP contribution in [-0.2, 0) is 10.2 Å². The first kappa shape index (κ1) is 23.5. The average molecular weight is 480 g/mol. The van der Waals surface area contributed by atoms with Crippen LogP contribution in [0.3, 0.4) is 0 Å². The van der Waals surface area contributed by atoms with E-state index in [2.05, 4.69) is 10.3 Å². The molecule has 0 saturated carbocycles. The molecule has 1 aromatic heterocycles. The minimum Gasteiger partial charge on any atom is -0.444 e. The Morgan fingerprint density at radius 3 is 2.17 bits per heavy atom. The van der Waals surface area contributed by atoms with Crippen molar-refractivity contribution in [2.24, 2.45) is 0 Å². The molecule has 36 heavy (non-hydrogen) atoms. The summed E-state index contributed by atoms with van der Waals surface area (Å²) in [4.78, 5) is 32.8. The number of benzene rings is 3. The molecule has 1 aliphatic rings. The fourth-order valence-corrected chi connectivity index (χ4v) is 4.97. The Morgan fingerprint density at radius 1 is 0.917 bits per heavy atom. The minimum absolute atomic E-state index is 0.00793. The second kappa shape index (κ2) is 10.2. The summed E-state index contributed by atoms with van der Waals surface area (Å²) in [6.45, 7) is 3.02. The molecule has 0 unspecified atom stereocenters. The number of amides is 2. The molecule has 6 heteroatoms. The predicted molar refractivity (Wildman–Crippen MR) is 138 cm³/mol. The van der Waals surface area contributed by atoms with E-state index < -0.39 is 5.41 Å². The third-order valence-corrected chi connectivity index (χ3v) is 7.16. The zero-order valence-corrected chi connectivity index (χ0v) is 20.3. The van der Waals surface area contributed by atoms with Gasteiger partial charge in [-0.25, -0.2) is 4.98 Å². The van der Waals surface area contributed by atoms with Crippen molar-refractivity contribution in [3.63, 3.8) is 0 Å². The van der Waals surface area contributed by atoms with E-state index in [1.165, 1.54) is 6.39 Å². The molecule has 0 spiro atoms. The maximum Gasteiger partial charge on any atom is 0.253 e. The number of likely N-dealkylation sites (tertiary alicyclic amines) is 1. The molecule has 4 aromatic rings. The van der Waals surface area contributed by atoms with E-state index >= 15 is 0 Å². The smallest absolute Gasteiger partial charge is 0.253 e. The molecule has 2 heterocycles. The first-order valence-corrected chi connectivity index (χ1v) is 12.3. The van der Waals surface area contributed by atoms with E-state index in [1.54, 1.807) is 6.20 Å². The van der Waals surface area contributed by atoms with Crippen molar-refractivity contribution in [1.29, 1.82) is 0 Å². The largest absolute Gasteiger partial charge is 0.444 e. The molecule has 1 aliphatic heterocycles. The number of carbonyl (C=O) groups is 2. The van der Waals surface area contributed by atoms with E-state index in [4.69, 9.17) is 4.42 Å². The summed E-state index contributed by atoms with van der Waals surface area (Å²) in [5.41, 5.74) is 2.86. The number of carbonyl (C=O) groups excluding carboxylic acids is 2. The van der Waals surface area contributed by atoms with Crippen molar-refractivity contribution < 1.29 is 14.0 Å². The van der Waals surface area contributed by atoms with Gasteiger partial charge in [0, 0.05) is 24.2 Å². The number of piperidine rings is 1. The van der Waals surface area contributed by atoms with Gasteiger partial charge in [0.1, 0.15) is 0 Å². The van der Waals surface area contributed by atoms with Crippen LogP contribution in [-0.4, -0.2) is 34.8 Å². The summed E-state index contributed by atoms with van der Waals surface area (Å²) in [5, 5.41) is 3.24. The van der Waals surface area contributed by atoms with Crippen molar-refractivity contribution in [3.05, 3.63) is 114 Å². The van der Waals surface area contributed by atoms with Crippen molar-refractivity contribution in [1.82, 2.24) is 15.2 Å². The molecule has 0 aliphatic carbocycles. The lowest BCUT2D eigenvalue weighted by Crippen LogP contribution is -2.53. The third-order valence-electron chi connectivity index (χ3n) is 7.16. The Kier molecular flexibility index (Phi) is 6.67. The molecule has 0 radical (unpaired) electrons. The van der Waals surface area contributed by atoms with Crippen LogP contribution >= 0.6 is 0 Å². The van der Waals surface area contributed by atoms with E-state index in [0.29, 0.717) is 37.3 Å². The van der Waals surface area contributed by atoms with Crippen molar-refractivity contribution in [2.75, 3.05) is 13.1 Å². The lowest BCUT2D eigenvalue weighted by molar-refractivity contribution is -0.129. The van der Waals surface area contributed by atoms with Gasteiger partial charge in [-0.2, -0.15) is 0 Å². The van der Waals surface area contributed by atoms with Crippen LogP contribution < -0.4 is 5.32 Å². The van der Waals surface area contributed by atoms with Crippen LogP contribution in [0.2, 0.25) is 0 Å². The standard InChI is InChI=1S/C30H29N3O3/c1-22(23-8-4-2-5-9-23)32-29(35)30(26-10-6-3-7-11-26)16-18-33(19-17-30)28(34)25-14-12-24(13-15-25)27-20-31-21-36-27/h2-15,20-22H,16-19H2,1H3,(H,32,35)/t22-/m0/s1. The maximum atomic E-state index is 13.8. The Labute approximate surface area is 211 Å². The monoisotopic (exact) mass is 479 g/mol. The highest BCUT2D eigenvalue weighted by atomic mass is 16.3. The van der Waals surface area contributed by atoms with Gasteiger partial charge >= 0.3 is 0 Å². The van der Waals surface area contributed by atoms with Gasteiger partial charge in [0.15, 0.2) is 12.2 Å². The predicted octanol–water partition coefficient (Wildman–Crippen LogP) is 5.39. The van der Waals surface area contributed by atoms with Crippen molar-refractivity contribution in [3.8, 4) is 11.3 Å². The molecule has 0 bridgehead atoms. The SMILES string of the molecule is C[C@H](NC(=O)C1(c2ccccc2)CCN(C(=O)c2ccc(-c3cnco3)cc2)CC1)c1ccccc1. The first-order valence-electron chi connectivity index (χ1n) is 12.3. The van der Waals surface area contributed by atoms with Crippen LogP contribution in [0, 0.1) is 0 Å². The summed E-state index contributed by atoms with van der Waals surface area (Å²) in [7, 11) is 0.